The standard InChI is InChI=1S/C26H27N5OS/c1-16(25(32)28-23-12-6-8-17-7-2-3-9-19(17)23)33-26-30-29-24(31(26)18-13-14-18)21-15-27-22-11-5-4-10-20(21)22/h2-5,7,9-11,15-16,18,23,27H,6,8,12-14H2,1H3,(H,28,32)/t16-,23+/m0/s1. The molecule has 6 rings (SSSR count). The molecule has 168 valence electrons. The molecule has 0 aliphatic heterocycles. The van der Waals surface area contributed by atoms with Crippen molar-refractivity contribution in [1.82, 2.24) is 25.1 Å². The highest BCUT2D eigenvalue weighted by Crippen LogP contribution is 2.43. The van der Waals surface area contributed by atoms with E-state index in [2.05, 4.69) is 61.5 Å². The van der Waals surface area contributed by atoms with Gasteiger partial charge < -0.3 is 10.3 Å². The fourth-order valence-corrected chi connectivity index (χ4v) is 5.79. The molecule has 2 heterocycles. The van der Waals surface area contributed by atoms with Crippen molar-refractivity contribution >= 4 is 28.6 Å². The van der Waals surface area contributed by atoms with E-state index in [1.54, 1.807) is 0 Å². The Labute approximate surface area is 197 Å². The van der Waals surface area contributed by atoms with Gasteiger partial charge in [-0.1, -0.05) is 54.2 Å². The topological polar surface area (TPSA) is 75.6 Å². The molecule has 0 radical (unpaired) electrons. The second kappa shape index (κ2) is 8.37. The number of amides is 1. The summed E-state index contributed by atoms with van der Waals surface area (Å²) >= 11 is 1.51. The van der Waals surface area contributed by atoms with E-state index in [0.29, 0.717) is 6.04 Å². The van der Waals surface area contributed by atoms with Gasteiger partial charge in [-0.05, 0) is 56.2 Å². The average Bonchev–Trinajstić information content (AvgIpc) is 3.46. The van der Waals surface area contributed by atoms with Crippen molar-refractivity contribution in [2.45, 2.75) is 61.5 Å². The van der Waals surface area contributed by atoms with E-state index in [4.69, 9.17) is 0 Å². The van der Waals surface area contributed by atoms with Gasteiger partial charge in [-0.25, -0.2) is 0 Å². The van der Waals surface area contributed by atoms with Gasteiger partial charge in [-0.2, -0.15) is 0 Å². The van der Waals surface area contributed by atoms with Crippen molar-refractivity contribution in [3.8, 4) is 11.4 Å². The summed E-state index contributed by atoms with van der Waals surface area (Å²) in [6.07, 6.45) is 7.45. The van der Waals surface area contributed by atoms with E-state index >= 15 is 0 Å². The first-order chi connectivity index (χ1) is 16.2. The number of hydrogen-bond donors (Lipinski definition) is 2. The molecule has 2 aliphatic rings. The predicted molar refractivity (Wildman–Crippen MR) is 131 cm³/mol. The molecule has 33 heavy (non-hydrogen) atoms. The molecular weight excluding hydrogens is 430 g/mol. The lowest BCUT2D eigenvalue weighted by Gasteiger charge is -2.27. The molecule has 0 unspecified atom stereocenters. The second-order valence-electron chi connectivity index (χ2n) is 9.07. The largest absolute Gasteiger partial charge is 0.360 e. The number of nitrogens with zero attached hydrogens (tertiary/aromatic N) is 3. The van der Waals surface area contributed by atoms with E-state index in [9.17, 15) is 4.79 Å². The molecule has 2 N–H and O–H groups in total. The van der Waals surface area contributed by atoms with Crippen molar-refractivity contribution in [3.05, 3.63) is 65.9 Å². The number of H-pyrrole nitrogens is 1. The molecule has 1 fully saturated rings. The molecule has 2 aliphatic carbocycles. The number of aryl methyl sites for hydroxylation is 1. The molecule has 1 saturated carbocycles. The SMILES string of the molecule is C[C@H](Sc1nnc(-c2c[nH]c3ccccc23)n1C1CC1)C(=O)N[C@@H]1CCCc2ccccc21. The minimum Gasteiger partial charge on any atom is -0.360 e. The Morgan fingerprint density at radius 3 is 2.82 bits per heavy atom. The Kier molecular flexibility index (Phi) is 5.21. The highest BCUT2D eigenvalue weighted by molar-refractivity contribution is 8.00. The summed E-state index contributed by atoms with van der Waals surface area (Å²) in [5.74, 6) is 0.937. The van der Waals surface area contributed by atoms with Gasteiger partial charge in [0.2, 0.25) is 5.91 Å². The van der Waals surface area contributed by atoms with Crippen molar-refractivity contribution < 1.29 is 4.79 Å². The van der Waals surface area contributed by atoms with Crippen LogP contribution < -0.4 is 5.32 Å². The Balaban J connectivity index is 1.23. The van der Waals surface area contributed by atoms with Crippen LogP contribution in [0.2, 0.25) is 0 Å². The van der Waals surface area contributed by atoms with E-state index in [0.717, 1.165) is 59.6 Å². The Morgan fingerprint density at radius 2 is 1.94 bits per heavy atom. The number of rotatable bonds is 6. The monoisotopic (exact) mass is 457 g/mol. The summed E-state index contributed by atoms with van der Waals surface area (Å²) in [5.41, 5.74) is 4.77. The second-order valence-corrected chi connectivity index (χ2v) is 10.4. The number of carbonyl (C=O) groups is 1. The van der Waals surface area contributed by atoms with Crippen LogP contribution in [0.25, 0.3) is 22.3 Å². The zero-order valence-electron chi connectivity index (χ0n) is 18.6. The lowest BCUT2D eigenvalue weighted by atomic mass is 9.88. The van der Waals surface area contributed by atoms with Crippen LogP contribution in [-0.4, -0.2) is 30.9 Å². The number of aromatic nitrogens is 4. The summed E-state index contributed by atoms with van der Waals surface area (Å²) in [6, 6.07) is 17.2. The highest BCUT2D eigenvalue weighted by atomic mass is 32.2. The number of hydrogen-bond acceptors (Lipinski definition) is 4. The molecule has 2 aromatic carbocycles. The van der Waals surface area contributed by atoms with Crippen molar-refractivity contribution in [3.63, 3.8) is 0 Å². The molecule has 4 aromatic rings. The van der Waals surface area contributed by atoms with Gasteiger partial charge >= 0.3 is 0 Å². The quantitative estimate of drug-likeness (QED) is 0.378. The third-order valence-electron chi connectivity index (χ3n) is 6.74. The predicted octanol–water partition coefficient (Wildman–Crippen LogP) is 5.44. The van der Waals surface area contributed by atoms with Crippen molar-refractivity contribution in [2.75, 3.05) is 0 Å². The van der Waals surface area contributed by atoms with Crippen molar-refractivity contribution in [1.29, 1.82) is 0 Å². The lowest BCUT2D eigenvalue weighted by Crippen LogP contribution is -2.36. The maximum Gasteiger partial charge on any atom is 0.233 e. The van der Waals surface area contributed by atoms with Gasteiger partial charge in [0.05, 0.1) is 11.3 Å². The third-order valence-corrected chi connectivity index (χ3v) is 7.80. The van der Waals surface area contributed by atoms with Crippen LogP contribution in [0, 0.1) is 0 Å². The first-order valence-electron chi connectivity index (χ1n) is 11.8. The highest BCUT2D eigenvalue weighted by Gasteiger charge is 2.32. The van der Waals surface area contributed by atoms with Crippen LogP contribution in [-0.2, 0) is 11.2 Å². The van der Waals surface area contributed by atoms with E-state index in [1.165, 1.54) is 22.9 Å². The Hall–Kier alpha value is -3.06. The minimum atomic E-state index is -0.253. The molecule has 0 saturated heterocycles. The number of benzene rings is 2. The number of aromatic amines is 1. The summed E-state index contributed by atoms with van der Waals surface area (Å²) in [6.45, 7) is 1.96. The molecule has 0 bridgehead atoms. The molecule has 7 heteroatoms. The van der Waals surface area contributed by atoms with Crippen LogP contribution >= 0.6 is 11.8 Å². The summed E-state index contributed by atoms with van der Waals surface area (Å²) in [5, 5.41) is 14.1. The van der Waals surface area contributed by atoms with Gasteiger partial charge in [0, 0.05) is 28.7 Å². The van der Waals surface area contributed by atoms with Crippen molar-refractivity contribution in [2.24, 2.45) is 0 Å². The molecule has 2 atom stereocenters. The van der Waals surface area contributed by atoms with Gasteiger partial charge in [0.25, 0.3) is 0 Å². The van der Waals surface area contributed by atoms with Crippen LogP contribution in [0.15, 0.2) is 59.9 Å². The number of carbonyl (C=O) groups excluding carboxylic acids is 1. The maximum absolute atomic E-state index is 13.1. The fraction of sp³-hybridized carbons (Fsp3) is 0.346. The Morgan fingerprint density at radius 1 is 1.12 bits per heavy atom. The lowest BCUT2D eigenvalue weighted by molar-refractivity contribution is -0.121. The minimum absolute atomic E-state index is 0.0562. The zero-order valence-corrected chi connectivity index (χ0v) is 19.4. The first-order valence-corrected chi connectivity index (χ1v) is 12.6. The number of para-hydroxylation sites is 1. The summed E-state index contributed by atoms with van der Waals surface area (Å²) < 4.78 is 2.24. The number of fused-ring (bicyclic) bond motifs is 2. The molecular formula is C26H27N5OS. The molecule has 6 nitrogen and oxygen atoms in total. The van der Waals surface area contributed by atoms with Crippen LogP contribution in [0.4, 0.5) is 0 Å². The summed E-state index contributed by atoms with van der Waals surface area (Å²) in [7, 11) is 0. The molecule has 0 spiro atoms. The van der Waals surface area contributed by atoms with Gasteiger partial charge in [-0.15, -0.1) is 10.2 Å². The number of nitrogens with one attached hydrogen (secondary N) is 2. The van der Waals surface area contributed by atoms with Gasteiger partial charge in [0.15, 0.2) is 11.0 Å². The Bertz CT molecular complexity index is 1320. The molecule has 2 aromatic heterocycles. The average molecular weight is 458 g/mol. The molecule has 1 amide bonds. The van der Waals surface area contributed by atoms with Crippen LogP contribution in [0.1, 0.15) is 55.8 Å². The normalized spacial score (nSPS) is 18.8. The number of thioether (sulfide) groups is 1. The fourth-order valence-electron chi connectivity index (χ4n) is 4.86. The van der Waals surface area contributed by atoms with E-state index in [-0.39, 0.29) is 17.2 Å². The maximum atomic E-state index is 13.1. The zero-order chi connectivity index (χ0) is 22.4. The smallest absolute Gasteiger partial charge is 0.233 e. The van der Waals surface area contributed by atoms with E-state index in [1.807, 2.05) is 25.3 Å². The van der Waals surface area contributed by atoms with Gasteiger partial charge in [-0.3, -0.25) is 9.36 Å². The third kappa shape index (κ3) is 3.84. The van der Waals surface area contributed by atoms with Crippen LogP contribution in [0.3, 0.4) is 0 Å². The first kappa shape index (κ1) is 20.5. The van der Waals surface area contributed by atoms with Crippen LogP contribution in [0.5, 0.6) is 0 Å². The van der Waals surface area contributed by atoms with E-state index < -0.39 is 0 Å². The van der Waals surface area contributed by atoms with Gasteiger partial charge in [0.1, 0.15) is 0 Å². The summed E-state index contributed by atoms with van der Waals surface area (Å²) in [4.78, 5) is 16.5.